The van der Waals surface area contributed by atoms with E-state index >= 15 is 0 Å². The van der Waals surface area contributed by atoms with Gasteiger partial charge in [-0.15, -0.1) is 0 Å². The van der Waals surface area contributed by atoms with E-state index in [1.165, 1.54) is 84.2 Å². The quantitative estimate of drug-likeness (QED) is 0.165. The third kappa shape index (κ3) is 7.17. The summed E-state index contributed by atoms with van der Waals surface area (Å²) < 4.78 is 7.73. The van der Waals surface area contributed by atoms with Crippen molar-refractivity contribution in [2.75, 3.05) is 9.80 Å². The Morgan fingerprint density at radius 1 is 0.629 bits per heavy atom. The summed E-state index contributed by atoms with van der Waals surface area (Å²) in [6, 6.07) is 19.9. The highest BCUT2D eigenvalue weighted by atomic mass is 16.3. The fourth-order valence-corrected chi connectivity index (χ4v) is 11.1. The topological polar surface area (TPSA) is 19.6 Å². The first-order valence-electron chi connectivity index (χ1n) is 23.9. The van der Waals surface area contributed by atoms with E-state index in [1.807, 2.05) is 0 Å². The van der Waals surface area contributed by atoms with E-state index in [0.717, 1.165) is 18.5 Å². The molecule has 2 aliphatic carbocycles. The van der Waals surface area contributed by atoms with Crippen molar-refractivity contribution in [2.24, 2.45) is 22.7 Å². The molecule has 0 saturated carbocycles. The molecule has 0 saturated heterocycles. The van der Waals surface area contributed by atoms with Gasteiger partial charge in [0.05, 0.1) is 11.3 Å². The highest BCUT2D eigenvalue weighted by Gasteiger charge is 2.53. The van der Waals surface area contributed by atoms with Crippen LogP contribution in [0.5, 0.6) is 0 Å². The Labute approximate surface area is 377 Å². The Bertz CT molecular complexity index is 2500. The SMILES string of the molecule is Cc1cc2c3c(c1)N(c1cc(C(C)(C)C)cc(C(C)(C)C)c1)c1c(oc4c1C(C)(C)CCC4(C)C)B3c1cc(C(C)(C)C)ccc1N2C1=CC(C(C)(C)C)=CC(C(C)(C)C)C1C. The van der Waals surface area contributed by atoms with Gasteiger partial charge >= 0.3 is 0 Å². The van der Waals surface area contributed by atoms with Gasteiger partial charge in [-0.2, -0.15) is 0 Å². The Hall–Kier alpha value is -3.92. The van der Waals surface area contributed by atoms with Crippen molar-refractivity contribution in [1.82, 2.24) is 0 Å². The van der Waals surface area contributed by atoms with Crippen molar-refractivity contribution in [3.8, 4) is 0 Å². The molecule has 4 heteroatoms. The first-order valence-corrected chi connectivity index (χ1v) is 23.9. The van der Waals surface area contributed by atoms with E-state index in [4.69, 9.17) is 4.42 Å². The molecule has 62 heavy (non-hydrogen) atoms. The van der Waals surface area contributed by atoms with Gasteiger partial charge in [0.25, 0.3) is 6.71 Å². The second-order valence-corrected chi connectivity index (χ2v) is 26.5. The number of benzene rings is 3. The predicted octanol–water partition coefficient (Wildman–Crippen LogP) is 14.7. The van der Waals surface area contributed by atoms with Crippen molar-refractivity contribution >= 4 is 51.7 Å². The molecule has 0 N–H and O–H groups in total. The first-order chi connectivity index (χ1) is 28.2. The minimum absolute atomic E-state index is 0.000450. The molecule has 1 aromatic heterocycles. The zero-order chi connectivity index (χ0) is 45.8. The summed E-state index contributed by atoms with van der Waals surface area (Å²) in [5, 5.41) is 0. The van der Waals surface area contributed by atoms with Crippen LogP contribution in [0.2, 0.25) is 0 Å². The standard InChI is InChI=1S/C58H79BN2O/c1-34-26-45-48-46(27-34)61(44-33-39(55(12,13)14)31-41(35(44)2)56(15,16)17)43-23-22-36(52(3,4)5)32-42(43)59(48)51-49(47-50(62-51)58(20,21)25-24-57(47,18)19)60(45)40-29-37(53(6,7)8)28-38(30-40)54(9,10)11/h22-23,26-33,35,41H,24-25H2,1-21H3. The molecule has 4 aliphatic rings. The molecule has 2 aliphatic heterocycles. The molecule has 2 atom stereocenters. The van der Waals surface area contributed by atoms with Crippen LogP contribution in [0.1, 0.15) is 185 Å². The molecule has 0 spiro atoms. The van der Waals surface area contributed by atoms with Gasteiger partial charge in [-0.25, -0.2) is 0 Å². The summed E-state index contributed by atoms with van der Waals surface area (Å²) in [5.74, 6) is 1.83. The molecule has 330 valence electrons. The number of anilines is 5. The summed E-state index contributed by atoms with van der Waals surface area (Å²) in [5.41, 5.74) is 19.5. The van der Waals surface area contributed by atoms with Gasteiger partial charge in [0.15, 0.2) is 0 Å². The minimum Gasteiger partial charge on any atom is -0.472 e. The molecule has 3 aromatic carbocycles. The lowest BCUT2D eigenvalue weighted by Crippen LogP contribution is -2.62. The lowest BCUT2D eigenvalue weighted by molar-refractivity contribution is 0.231. The van der Waals surface area contributed by atoms with Crippen molar-refractivity contribution in [1.29, 1.82) is 0 Å². The van der Waals surface area contributed by atoms with Gasteiger partial charge in [-0.3, -0.25) is 0 Å². The number of nitrogens with zero attached hydrogens (tertiary/aromatic N) is 2. The minimum atomic E-state index is -0.0978. The molecule has 0 bridgehead atoms. The van der Waals surface area contributed by atoms with Crippen LogP contribution in [0.25, 0.3) is 0 Å². The van der Waals surface area contributed by atoms with Crippen molar-refractivity contribution in [3.05, 3.63) is 106 Å². The van der Waals surface area contributed by atoms with Crippen LogP contribution >= 0.6 is 0 Å². The van der Waals surface area contributed by atoms with E-state index in [-0.39, 0.29) is 50.5 Å². The van der Waals surface area contributed by atoms with Crippen molar-refractivity contribution in [2.45, 2.75) is 185 Å². The number of rotatable bonds is 2. The molecule has 8 rings (SSSR count). The molecule has 4 aromatic rings. The second kappa shape index (κ2) is 13.8. The summed E-state index contributed by atoms with van der Waals surface area (Å²) in [6.07, 6.45) is 7.38. The molecule has 3 heterocycles. The van der Waals surface area contributed by atoms with E-state index in [1.54, 1.807) is 0 Å². The highest BCUT2D eigenvalue weighted by molar-refractivity contribution is 6.99. The maximum atomic E-state index is 7.73. The summed E-state index contributed by atoms with van der Waals surface area (Å²) in [7, 11) is 0. The van der Waals surface area contributed by atoms with Gasteiger partial charge in [0, 0.05) is 45.3 Å². The maximum Gasteiger partial charge on any atom is 0.297 e. The molecular formula is C58H79BN2O. The largest absolute Gasteiger partial charge is 0.472 e. The second-order valence-electron chi connectivity index (χ2n) is 26.5. The fourth-order valence-electron chi connectivity index (χ4n) is 11.1. The lowest BCUT2D eigenvalue weighted by atomic mass is 9.35. The van der Waals surface area contributed by atoms with Gasteiger partial charge in [0.1, 0.15) is 5.76 Å². The monoisotopic (exact) mass is 831 g/mol. The van der Waals surface area contributed by atoms with Crippen LogP contribution in [-0.4, -0.2) is 6.71 Å². The Morgan fingerprint density at radius 2 is 1.18 bits per heavy atom. The predicted molar refractivity (Wildman–Crippen MR) is 270 cm³/mol. The molecule has 2 unspecified atom stereocenters. The summed E-state index contributed by atoms with van der Waals surface area (Å²) >= 11 is 0. The molecule has 0 radical (unpaired) electrons. The number of fused-ring (bicyclic) bond motifs is 6. The molecule has 0 fully saturated rings. The Morgan fingerprint density at radius 3 is 1.71 bits per heavy atom. The Kier molecular flexibility index (Phi) is 9.94. The van der Waals surface area contributed by atoms with Gasteiger partial charge in [0.2, 0.25) is 0 Å². The lowest BCUT2D eigenvalue weighted by Gasteiger charge is -2.48. The van der Waals surface area contributed by atoms with Crippen LogP contribution in [0.15, 0.2) is 76.4 Å². The smallest absolute Gasteiger partial charge is 0.297 e. The number of hydrogen-bond donors (Lipinski definition) is 0. The third-order valence-corrected chi connectivity index (χ3v) is 15.3. The maximum absolute atomic E-state index is 7.73. The Balaban J connectivity index is 1.55. The number of hydrogen-bond acceptors (Lipinski definition) is 3. The van der Waals surface area contributed by atoms with Gasteiger partial charge in [-0.1, -0.05) is 163 Å². The van der Waals surface area contributed by atoms with Gasteiger partial charge in [-0.05, 0) is 133 Å². The normalized spacial score (nSPS) is 20.9. The number of allylic oxidation sites excluding steroid dienone is 4. The van der Waals surface area contributed by atoms with E-state index < -0.39 is 0 Å². The van der Waals surface area contributed by atoms with Crippen LogP contribution in [0, 0.1) is 29.6 Å². The van der Waals surface area contributed by atoms with E-state index in [9.17, 15) is 0 Å². The zero-order valence-electron chi connectivity index (χ0n) is 42.7. The van der Waals surface area contributed by atoms with E-state index in [2.05, 4.69) is 216 Å². The highest BCUT2D eigenvalue weighted by Crippen LogP contribution is 2.56. The van der Waals surface area contributed by atoms with Crippen LogP contribution in [0.3, 0.4) is 0 Å². The summed E-state index contributed by atoms with van der Waals surface area (Å²) in [4.78, 5) is 5.39. The van der Waals surface area contributed by atoms with Crippen molar-refractivity contribution in [3.63, 3.8) is 0 Å². The first kappa shape index (κ1) is 44.7. The van der Waals surface area contributed by atoms with Crippen LogP contribution in [-0.2, 0) is 27.1 Å². The van der Waals surface area contributed by atoms with Crippen LogP contribution < -0.4 is 26.4 Å². The molecule has 0 amide bonds. The average molecular weight is 831 g/mol. The third-order valence-electron chi connectivity index (χ3n) is 15.3. The fraction of sp³-hybridized carbons (Fsp3) is 0.552. The number of aryl methyl sites for hydroxylation is 1. The molecule has 3 nitrogen and oxygen atoms in total. The summed E-state index contributed by atoms with van der Waals surface area (Å²) in [6.45, 7) is 50.2. The van der Waals surface area contributed by atoms with Crippen LogP contribution in [0.4, 0.5) is 28.4 Å². The van der Waals surface area contributed by atoms with Gasteiger partial charge < -0.3 is 14.2 Å². The van der Waals surface area contributed by atoms with E-state index in [0.29, 0.717) is 5.92 Å². The number of furan rings is 1. The zero-order valence-corrected chi connectivity index (χ0v) is 42.7. The van der Waals surface area contributed by atoms with Crippen molar-refractivity contribution < 1.29 is 4.42 Å². The molecular weight excluding hydrogens is 751 g/mol. The average Bonchev–Trinajstić information content (AvgIpc) is 3.54.